The molecule has 1 aromatic carbocycles. The van der Waals surface area contributed by atoms with Gasteiger partial charge in [-0.1, -0.05) is 0 Å². The monoisotopic (exact) mass is 327 g/mol. The number of nitriles is 1. The zero-order valence-electron chi connectivity index (χ0n) is 13.5. The lowest BCUT2D eigenvalue weighted by Gasteiger charge is -2.32. The van der Waals surface area contributed by atoms with Gasteiger partial charge >= 0.3 is 0 Å². The third kappa shape index (κ3) is 4.78. The second-order valence-corrected chi connectivity index (χ2v) is 5.75. The van der Waals surface area contributed by atoms with Crippen molar-refractivity contribution in [2.75, 3.05) is 32.8 Å². The number of hydrogen-bond acceptors (Lipinski definition) is 6. The van der Waals surface area contributed by atoms with Gasteiger partial charge in [0, 0.05) is 19.6 Å². The molecule has 0 N–H and O–H groups in total. The van der Waals surface area contributed by atoms with Crippen molar-refractivity contribution < 1.29 is 9.47 Å². The lowest BCUT2D eigenvalue weighted by molar-refractivity contribution is -0.0384. The molecule has 2 aromatic rings. The maximum absolute atomic E-state index is 8.77. The minimum atomic E-state index is 0.153. The Labute approximate surface area is 141 Å². The van der Waals surface area contributed by atoms with Gasteiger partial charge in [-0.15, -0.1) is 0 Å². The first-order valence-corrected chi connectivity index (χ1v) is 8.13. The molecule has 7 nitrogen and oxygen atoms in total. The van der Waals surface area contributed by atoms with Crippen molar-refractivity contribution in [1.82, 2.24) is 19.7 Å². The summed E-state index contributed by atoms with van der Waals surface area (Å²) in [7, 11) is 0. The van der Waals surface area contributed by atoms with E-state index in [4.69, 9.17) is 14.7 Å². The van der Waals surface area contributed by atoms with E-state index >= 15 is 0 Å². The molecule has 0 radical (unpaired) electrons. The molecule has 0 spiro atoms. The molecule has 3 rings (SSSR count). The largest absolute Gasteiger partial charge is 0.494 e. The number of rotatable bonds is 7. The standard InChI is InChI=1S/C17H21N5O2/c18-10-15-2-4-16(5-3-15)23-8-1-6-21-7-9-24-17(11-21)12-22-14-19-13-20-22/h2-5,13-14,17H,1,6-9,11-12H2/t17-/m0/s1. The summed E-state index contributed by atoms with van der Waals surface area (Å²) in [5.74, 6) is 0.806. The summed E-state index contributed by atoms with van der Waals surface area (Å²) in [6.07, 6.45) is 4.37. The SMILES string of the molecule is N#Cc1ccc(OCCCN2CCO[C@H](Cn3cncn3)C2)cc1. The highest BCUT2D eigenvalue weighted by atomic mass is 16.5. The normalized spacial score (nSPS) is 18.2. The van der Waals surface area contributed by atoms with E-state index < -0.39 is 0 Å². The molecule has 0 aliphatic carbocycles. The van der Waals surface area contributed by atoms with E-state index in [9.17, 15) is 0 Å². The average molecular weight is 327 g/mol. The molecule has 0 amide bonds. The van der Waals surface area contributed by atoms with Gasteiger partial charge in [0.2, 0.25) is 0 Å². The van der Waals surface area contributed by atoms with Crippen LogP contribution in [0, 0.1) is 11.3 Å². The van der Waals surface area contributed by atoms with E-state index in [2.05, 4.69) is 21.1 Å². The molecule has 1 aliphatic rings. The quantitative estimate of drug-likeness (QED) is 0.714. The predicted octanol–water partition coefficient (Wildman–Crippen LogP) is 1.32. The van der Waals surface area contributed by atoms with Crippen molar-refractivity contribution in [1.29, 1.82) is 5.26 Å². The van der Waals surface area contributed by atoms with Crippen LogP contribution in [-0.4, -0.2) is 58.6 Å². The van der Waals surface area contributed by atoms with Crippen LogP contribution >= 0.6 is 0 Å². The molecule has 2 heterocycles. The highest BCUT2D eigenvalue weighted by molar-refractivity contribution is 5.34. The number of morpholine rings is 1. The van der Waals surface area contributed by atoms with Crippen LogP contribution in [-0.2, 0) is 11.3 Å². The topological polar surface area (TPSA) is 76.2 Å². The Balaban J connectivity index is 1.36. The van der Waals surface area contributed by atoms with Crippen LogP contribution in [0.25, 0.3) is 0 Å². The maximum Gasteiger partial charge on any atom is 0.137 e. The van der Waals surface area contributed by atoms with Gasteiger partial charge in [0.25, 0.3) is 0 Å². The first-order valence-electron chi connectivity index (χ1n) is 8.13. The predicted molar refractivity (Wildman–Crippen MR) is 87.5 cm³/mol. The lowest BCUT2D eigenvalue weighted by atomic mass is 10.2. The molecule has 24 heavy (non-hydrogen) atoms. The molecule has 1 fully saturated rings. The highest BCUT2D eigenvalue weighted by Crippen LogP contribution is 2.12. The van der Waals surface area contributed by atoms with Crippen molar-refractivity contribution in [2.24, 2.45) is 0 Å². The second kappa shape index (κ2) is 8.43. The van der Waals surface area contributed by atoms with Gasteiger partial charge in [0.15, 0.2) is 0 Å². The maximum atomic E-state index is 8.77. The summed E-state index contributed by atoms with van der Waals surface area (Å²) >= 11 is 0. The third-order valence-corrected chi connectivity index (χ3v) is 3.95. The van der Waals surface area contributed by atoms with Crippen LogP contribution in [0.4, 0.5) is 0 Å². The highest BCUT2D eigenvalue weighted by Gasteiger charge is 2.20. The Morgan fingerprint density at radius 3 is 2.96 bits per heavy atom. The molecule has 1 aromatic heterocycles. The molecule has 0 bridgehead atoms. The molecular weight excluding hydrogens is 306 g/mol. The van der Waals surface area contributed by atoms with Crippen molar-refractivity contribution in [3.05, 3.63) is 42.5 Å². The Hall–Kier alpha value is -2.43. The van der Waals surface area contributed by atoms with Crippen LogP contribution in [0.1, 0.15) is 12.0 Å². The van der Waals surface area contributed by atoms with Gasteiger partial charge in [-0.05, 0) is 30.7 Å². The van der Waals surface area contributed by atoms with E-state index in [1.165, 1.54) is 0 Å². The van der Waals surface area contributed by atoms with Crippen molar-refractivity contribution >= 4 is 0 Å². The first-order chi connectivity index (χ1) is 11.8. The van der Waals surface area contributed by atoms with E-state index in [-0.39, 0.29) is 6.10 Å². The van der Waals surface area contributed by atoms with E-state index in [1.807, 2.05) is 16.8 Å². The Morgan fingerprint density at radius 2 is 2.21 bits per heavy atom. The first kappa shape index (κ1) is 16.4. The minimum absolute atomic E-state index is 0.153. The Kier molecular flexibility index (Phi) is 5.77. The molecule has 7 heteroatoms. The number of aromatic nitrogens is 3. The molecule has 1 aliphatic heterocycles. The molecule has 0 unspecified atom stereocenters. The van der Waals surface area contributed by atoms with Crippen molar-refractivity contribution in [3.8, 4) is 11.8 Å². The zero-order valence-corrected chi connectivity index (χ0v) is 13.5. The van der Waals surface area contributed by atoms with Crippen molar-refractivity contribution in [2.45, 2.75) is 19.1 Å². The van der Waals surface area contributed by atoms with Crippen LogP contribution < -0.4 is 4.74 Å². The van der Waals surface area contributed by atoms with Gasteiger partial charge in [0.05, 0.1) is 37.5 Å². The smallest absolute Gasteiger partial charge is 0.137 e. The van der Waals surface area contributed by atoms with E-state index in [0.29, 0.717) is 12.2 Å². The Bertz CT molecular complexity index is 651. The van der Waals surface area contributed by atoms with Crippen LogP contribution in [0.2, 0.25) is 0 Å². The lowest BCUT2D eigenvalue weighted by Crippen LogP contribution is -2.44. The molecule has 1 atom stereocenters. The Morgan fingerprint density at radius 1 is 1.33 bits per heavy atom. The molecule has 0 saturated carbocycles. The van der Waals surface area contributed by atoms with Gasteiger partial charge in [-0.25, -0.2) is 4.98 Å². The minimum Gasteiger partial charge on any atom is -0.494 e. The fourth-order valence-electron chi connectivity index (χ4n) is 2.73. The van der Waals surface area contributed by atoms with Gasteiger partial charge < -0.3 is 9.47 Å². The van der Waals surface area contributed by atoms with Gasteiger partial charge in [-0.2, -0.15) is 10.4 Å². The average Bonchev–Trinajstić information content (AvgIpc) is 3.13. The summed E-state index contributed by atoms with van der Waals surface area (Å²) in [6.45, 7) is 4.97. The summed E-state index contributed by atoms with van der Waals surface area (Å²) in [4.78, 5) is 6.35. The second-order valence-electron chi connectivity index (χ2n) is 5.75. The third-order valence-electron chi connectivity index (χ3n) is 3.95. The summed E-state index contributed by atoms with van der Waals surface area (Å²) in [5.41, 5.74) is 0.647. The zero-order chi connectivity index (χ0) is 16.6. The van der Waals surface area contributed by atoms with Crippen LogP contribution in [0.3, 0.4) is 0 Å². The fraction of sp³-hybridized carbons (Fsp3) is 0.471. The summed E-state index contributed by atoms with van der Waals surface area (Å²) in [6, 6.07) is 9.31. The number of hydrogen-bond donors (Lipinski definition) is 0. The van der Waals surface area contributed by atoms with Crippen LogP contribution in [0.5, 0.6) is 5.75 Å². The van der Waals surface area contributed by atoms with Crippen molar-refractivity contribution in [3.63, 3.8) is 0 Å². The van der Waals surface area contributed by atoms with E-state index in [1.54, 1.807) is 24.8 Å². The van der Waals surface area contributed by atoms with Crippen LogP contribution in [0.15, 0.2) is 36.9 Å². The van der Waals surface area contributed by atoms with Gasteiger partial charge in [-0.3, -0.25) is 9.58 Å². The van der Waals surface area contributed by atoms with E-state index in [0.717, 1.165) is 45.0 Å². The van der Waals surface area contributed by atoms with Gasteiger partial charge in [0.1, 0.15) is 18.4 Å². The number of ether oxygens (including phenoxy) is 2. The summed E-state index contributed by atoms with van der Waals surface area (Å²) in [5, 5.41) is 12.9. The molecular formula is C17H21N5O2. The fourth-order valence-corrected chi connectivity index (χ4v) is 2.73. The molecule has 126 valence electrons. The number of benzene rings is 1. The summed E-state index contributed by atoms with van der Waals surface area (Å²) < 4.78 is 13.3. The number of nitrogens with zero attached hydrogens (tertiary/aromatic N) is 5. The molecule has 1 saturated heterocycles.